The van der Waals surface area contributed by atoms with Crippen LogP contribution >= 0.6 is 33.2 Å². The number of anilines is 2. The highest BCUT2D eigenvalue weighted by Gasteiger charge is 2.10. The minimum absolute atomic E-state index is 0.0338. The molecule has 1 atom stereocenters. The number of nitrogens with zero attached hydrogens (tertiary/aromatic N) is 2. The smallest absolute Gasteiger partial charge is 0.411 e. The summed E-state index contributed by atoms with van der Waals surface area (Å²) < 4.78 is 5.20. The van der Waals surface area contributed by atoms with Crippen LogP contribution in [0.4, 0.5) is 16.3 Å². The van der Waals surface area contributed by atoms with E-state index in [1.54, 1.807) is 18.2 Å². The van der Waals surface area contributed by atoms with Gasteiger partial charge in [0.1, 0.15) is 6.61 Å². The van der Waals surface area contributed by atoms with E-state index < -0.39 is 6.09 Å². The quantitative estimate of drug-likeness (QED) is 0.322. The summed E-state index contributed by atoms with van der Waals surface area (Å²) in [6.45, 7) is 2.18. The van der Waals surface area contributed by atoms with Crippen LogP contribution in [0.25, 0.3) is 0 Å². The van der Waals surface area contributed by atoms with Crippen LogP contribution in [-0.2, 0) is 10.6 Å². The Morgan fingerprint density at radius 2 is 2.04 bits per heavy atom. The van der Waals surface area contributed by atoms with Crippen molar-refractivity contribution < 1.29 is 19.9 Å². The third-order valence-corrected chi connectivity index (χ3v) is 6.19. The van der Waals surface area contributed by atoms with Crippen LogP contribution in [0, 0.1) is 0 Å². The Morgan fingerprint density at radius 1 is 1.31 bits per heavy atom. The molecule has 0 bridgehead atoms. The second-order valence-corrected chi connectivity index (χ2v) is 8.17. The van der Waals surface area contributed by atoms with E-state index in [2.05, 4.69) is 10.3 Å². The first-order chi connectivity index (χ1) is 12.5. The fourth-order valence-corrected chi connectivity index (χ4v) is 3.81. The zero-order valence-corrected chi connectivity index (χ0v) is 16.2. The van der Waals surface area contributed by atoms with E-state index in [1.165, 1.54) is 33.9 Å². The summed E-state index contributed by atoms with van der Waals surface area (Å²) in [4.78, 5) is 16.5. The van der Waals surface area contributed by atoms with Crippen molar-refractivity contribution in [3.05, 3.63) is 48.2 Å². The van der Waals surface area contributed by atoms with Gasteiger partial charge in [-0.2, -0.15) is 0 Å². The number of alkyl halides is 1. The minimum atomic E-state index is -0.516. The van der Waals surface area contributed by atoms with Gasteiger partial charge < -0.3 is 4.74 Å². The van der Waals surface area contributed by atoms with E-state index in [9.17, 15) is 4.79 Å². The molecule has 10 heteroatoms. The Labute approximate surface area is 164 Å². The molecular weight excluding hydrogens is 398 g/mol. The number of carbonyl (C=O) groups excluding carboxylic acids is 1. The zero-order valence-electron chi connectivity index (χ0n) is 13.8. The van der Waals surface area contributed by atoms with E-state index >= 15 is 0 Å². The second kappa shape index (κ2) is 10.5. The third-order valence-electron chi connectivity index (χ3n) is 3.04. The summed E-state index contributed by atoms with van der Waals surface area (Å²) in [7, 11) is 2.97. The molecule has 0 spiro atoms. The molecule has 1 aromatic carbocycles. The largest absolute Gasteiger partial charge is 0.448 e. The third kappa shape index (κ3) is 6.93. The van der Waals surface area contributed by atoms with Crippen LogP contribution in [0.5, 0.6) is 0 Å². The predicted octanol–water partition coefficient (Wildman–Crippen LogP) is 4.78. The van der Waals surface area contributed by atoms with Crippen molar-refractivity contribution in [2.24, 2.45) is 0 Å². The number of pyridine rings is 1. The number of rotatable bonds is 8. The zero-order chi connectivity index (χ0) is 18.9. The van der Waals surface area contributed by atoms with Crippen molar-refractivity contribution >= 4 is 50.8 Å². The number of hydrogen-bond donors (Lipinski definition) is 3. The molecule has 0 fully saturated rings. The lowest BCUT2D eigenvalue weighted by molar-refractivity contribution is 0.0267. The molecule has 26 heavy (non-hydrogen) atoms. The maximum Gasteiger partial charge on any atom is 0.411 e. The number of aromatic nitrogens is 1. The molecule has 0 aliphatic heterocycles. The number of nitrogens with one attached hydrogen (secondary N) is 1. The molecule has 1 amide bonds. The van der Waals surface area contributed by atoms with Crippen molar-refractivity contribution in [1.82, 2.24) is 4.98 Å². The molecular formula is C16H18ClN3O4S2. The van der Waals surface area contributed by atoms with Gasteiger partial charge >= 0.3 is 6.09 Å². The molecule has 0 saturated carbocycles. The Morgan fingerprint density at radius 3 is 2.62 bits per heavy atom. The van der Waals surface area contributed by atoms with Gasteiger partial charge in [0.25, 0.3) is 0 Å². The van der Waals surface area contributed by atoms with Crippen molar-refractivity contribution in [3.8, 4) is 0 Å². The number of amides is 1. The van der Waals surface area contributed by atoms with Crippen LogP contribution in [0.3, 0.4) is 0 Å². The maximum atomic E-state index is 11.8. The van der Waals surface area contributed by atoms with Gasteiger partial charge in [0.2, 0.25) is 0 Å². The first-order valence-electron chi connectivity index (χ1n) is 7.54. The molecule has 7 nitrogen and oxygen atoms in total. The summed E-state index contributed by atoms with van der Waals surface area (Å²) >= 11 is 5.72. The maximum absolute atomic E-state index is 11.8. The Bertz CT molecular complexity index is 702. The van der Waals surface area contributed by atoms with Crippen LogP contribution in [-0.4, -0.2) is 33.3 Å². The minimum Gasteiger partial charge on any atom is -0.448 e. The van der Waals surface area contributed by atoms with Crippen LogP contribution in [0.15, 0.2) is 47.5 Å². The summed E-state index contributed by atoms with van der Waals surface area (Å²) in [5, 5.41) is 20.3. The SMILES string of the molecule is C[C@H](COC(=O)Nc1ccc(CCl)cc1)SSc1ccc(N(O)O)nc1. The Kier molecular flexibility index (Phi) is 8.33. The second-order valence-electron chi connectivity index (χ2n) is 5.19. The van der Waals surface area contributed by atoms with Crippen LogP contribution < -0.4 is 10.5 Å². The van der Waals surface area contributed by atoms with Gasteiger partial charge in [0.05, 0.1) is 0 Å². The lowest BCUT2D eigenvalue weighted by Gasteiger charge is -2.12. The molecule has 0 radical (unpaired) electrons. The van der Waals surface area contributed by atoms with Crippen molar-refractivity contribution in [2.45, 2.75) is 22.9 Å². The fraction of sp³-hybridized carbons (Fsp3) is 0.250. The molecule has 140 valence electrons. The Balaban J connectivity index is 1.70. The monoisotopic (exact) mass is 415 g/mol. The lowest BCUT2D eigenvalue weighted by Crippen LogP contribution is -2.18. The number of carbonyl (C=O) groups is 1. The number of benzene rings is 1. The first kappa shape index (κ1) is 20.7. The summed E-state index contributed by atoms with van der Waals surface area (Å²) in [6.07, 6.45) is 1.01. The van der Waals surface area contributed by atoms with E-state index in [0.717, 1.165) is 10.5 Å². The van der Waals surface area contributed by atoms with Crippen LogP contribution in [0.1, 0.15) is 12.5 Å². The molecule has 3 N–H and O–H groups in total. The van der Waals surface area contributed by atoms with Gasteiger partial charge in [-0.3, -0.25) is 15.7 Å². The highest BCUT2D eigenvalue weighted by atomic mass is 35.5. The van der Waals surface area contributed by atoms with Crippen molar-refractivity contribution in [2.75, 3.05) is 17.2 Å². The molecule has 2 aromatic rings. The Hall–Kier alpha value is -1.65. The lowest BCUT2D eigenvalue weighted by atomic mass is 10.2. The summed E-state index contributed by atoms with van der Waals surface area (Å²) in [5.41, 5.74) is 1.62. The average Bonchev–Trinajstić information content (AvgIpc) is 2.65. The van der Waals surface area contributed by atoms with Gasteiger partial charge in [0.15, 0.2) is 5.82 Å². The average molecular weight is 416 g/mol. The predicted molar refractivity (Wildman–Crippen MR) is 104 cm³/mol. The van der Waals surface area contributed by atoms with Crippen molar-refractivity contribution in [1.29, 1.82) is 0 Å². The summed E-state index contributed by atoms with van der Waals surface area (Å²) in [6, 6.07) is 10.4. The molecule has 0 aliphatic rings. The van der Waals surface area contributed by atoms with Gasteiger partial charge in [-0.25, -0.2) is 9.78 Å². The highest BCUT2D eigenvalue weighted by Crippen LogP contribution is 2.34. The van der Waals surface area contributed by atoms with Crippen LogP contribution in [0.2, 0.25) is 0 Å². The number of hydrogen-bond acceptors (Lipinski definition) is 8. The van der Waals surface area contributed by atoms with Crippen molar-refractivity contribution in [3.63, 3.8) is 0 Å². The normalized spacial score (nSPS) is 11.7. The molecule has 0 unspecified atom stereocenters. The van der Waals surface area contributed by atoms with E-state index in [0.29, 0.717) is 11.6 Å². The number of ether oxygens (including phenoxy) is 1. The van der Waals surface area contributed by atoms with E-state index in [-0.39, 0.29) is 22.9 Å². The van der Waals surface area contributed by atoms with Gasteiger partial charge in [-0.1, -0.05) is 33.7 Å². The molecule has 1 aromatic heterocycles. The van der Waals surface area contributed by atoms with E-state index in [4.69, 9.17) is 26.8 Å². The van der Waals surface area contributed by atoms with E-state index in [1.807, 2.05) is 19.1 Å². The molecule has 0 saturated heterocycles. The molecule has 1 heterocycles. The summed E-state index contributed by atoms with van der Waals surface area (Å²) in [5.74, 6) is 0.458. The standard InChI is InChI=1S/C16H18ClN3O4S2/c1-11(25-26-14-6-7-15(18-9-14)20(22)23)10-24-16(21)19-13-4-2-12(8-17)3-5-13/h2-7,9,11,22-23H,8,10H2,1H3,(H,19,21)/t11-/m1/s1. The highest BCUT2D eigenvalue weighted by molar-refractivity contribution is 8.76. The molecule has 0 aliphatic carbocycles. The fourth-order valence-electron chi connectivity index (χ4n) is 1.73. The van der Waals surface area contributed by atoms with Gasteiger partial charge in [0, 0.05) is 27.9 Å². The topological polar surface area (TPSA) is 94.9 Å². The first-order valence-corrected chi connectivity index (χ1v) is 10.3. The molecule has 2 rings (SSSR count). The van der Waals surface area contributed by atoms with Gasteiger partial charge in [-0.15, -0.1) is 16.8 Å². The van der Waals surface area contributed by atoms with Gasteiger partial charge in [-0.05, 0) is 36.8 Å². The number of halogens is 1.